The van der Waals surface area contributed by atoms with Gasteiger partial charge in [0.25, 0.3) is 0 Å². The van der Waals surface area contributed by atoms with Crippen LogP contribution in [0.3, 0.4) is 0 Å². The summed E-state index contributed by atoms with van der Waals surface area (Å²) in [6.07, 6.45) is -9.02. The molecule has 1 N–H and O–H groups in total. The summed E-state index contributed by atoms with van der Waals surface area (Å²) in [5, 5.41) is 0.184. The third-order valence-electron chi connectivity index (χ3n) is 3.39. The van der Waals surface area contributed by atoms with Gasteiger partial charge in [-0.15, -0.1) is 0 Å². The molecule has 0 bridgehead atoms. The summed E-state index contributed by atoms with van der Waals surface area (Å²) in [6.45, 7) is -7.23. The molecule has 4 heteroatoms. The second-order valence-corrected chi connectivity index (χ2v) is 5.18. The van der Waals surface area contributed by atoms with Gasteiger partial charge in [0, 0.05) is 15.6 Å². The van der Waals surface area contributed by atoms with E-state index in [2.05, 4.69) is 0 Å². The molecule has 3 aromatic rings. The predicted octanol–water partition coefficient (Wildman–Crippen LogP) is 6.14. The molecule has 1 atom stereocenters. The number of hydrogen-bond donors (Lipinski definition) is 1. The van der Waals surface area contributed by atoms with E-state index in [1.807, 2.05) is 0 Å². The van der Waals surface area contributed by atoms with Crippen molar-refractivity contribution in [1.82, 2.24) is 5.32 Å². The zero-order valence-corrected chi connectivity index (χ0v) is 13.2. The molecule has 0 amide bonds. The molecule has 0 saturated carbocycles. The minimum atomic E-state index is -4.79. The monoisotopic (exact) mass is 372 g/mol. The molecule has 0 saturated heterocycles. The molecule has 0 heterocycles. The standard InChI is InChI=1S/C22H22F3N/c1-16(20-13-5-10-18-9-2-3-12-21(18)20)26-14-6-8-17-7-4-11-19(15-17)22(23,24)25/h2-5,7,9-13,15-16,26H,6,8,14H2,1H3/t16-/m0/s1/i1D3,2D,3D,5D,6D2,9D,10D,12D,13D,14D2,16D. The summed E-state index contributed by atoms with van der Waals surface area (Å²) < 4.78 is 163. The summed E-state index contributed by atoms with van der Waals surface area (Å²) in [5.41, 5.74) is -2.58. The average Bonchev–Trinajstić information content (AvgIpc) is 2.82. The Balaban J connectivity index is 2.29. The van der Waals surface area contributed by atoms with Gasteiger partial charge in [-0.2, -0.15) is 13.2 Å². The Labute approximate surface area is 172 Å². The molecule has 0 radical (unpaired) electrons. The van der Waals surface area contributed by atoms with Gasteiger partial charge in [-0.1, -0.05) is 60.5 Å². The highest BCUT2D eigenvalue weighted by Gasteiger charge is 2.30. The van der Waals surface area contributed by atoms with Crippen LogP contribution in [-0.4, -0.2) is 6.50 Å². The fourth-order valence-electron chi connectivity index (χ4n) is 2.17. The van der Waals surface area contributed by atoms with E-state index >= 15 is 0 Å². The number of rotatable bonds is 6. The van der Waals surface area contributed by atoms with E-state index in [1.54, 1.807) is 5.32 Å². The van der Waals surface area contributed by atoms with Crippen molar-refractivity contribution in [3.8, 4) is 0 Å². The molecule has 0 unspecified atom stereocenters. The summed E-state index contributed by atoms with van der Waals surface area (Å²) in [6, 6.07) is -6.92. The number of aryl methyl sites for hydroxylation is 1. The Morgan fingerprint density at radius 3 is 2.81 bits per heavy atom. The first-order valence-electron chi connectivity index (χ1n) is 14.8. The van der Waals surface area contributed by atoms with E-state index in [1.165, 1.54) is 0 Å². The first-order chi connectivity index (χ1) is 18.4. The third-order valence-corrected chi connectivity index (χ3v) is 3.39. The maximum Gasteiger partial charge on any atom is 0.416 e. The number of nitrogens with one attached hydrogen (secondary N) is 1. The first kappa shape index (κ1) is 7.35. The molecule has 0 aromatic heterocycles. The van der Waals surface area contributed by atoms with E-state index in [0.717, 1.165) is 12.1 Å². The fraction of sp³-hybridized carbons (Fsp3) is 0.273. The van der Waals surface area contributed by atoms with E-state index in [9.17, 15) is 13.2 Å². The van der Waals surface area contributed by atoms with Crippen molar-refractivity contribution in [2.45, 2.75) is 31.8 Å². The topological polar surface area (TPSA) is 12.0 Å². The summed E-state index contributed by atoms with van der Waals surface area (Å²) in [7, 11) is 0. The van der Waals surface area contributed by atoms with Crippen LogP contribution in [0, 0.1) is 0 Å². The molecule has 0 aliphatic carbocycles. The van der Waals surface area contributed by atoms with Gasteiger partial charge >= 0.3 is 6.18 Å². The molecule has 0 aliphatic heterocycles. The Kier molecular flexibility index (Phi) is 2.24. The Morgan fingerprint density at radius 2 is 2.00 bits per heavy atom. The van der Waals surface area contributed by atoms with Crippen molar-refractivity contribution >= 4 is 10.8 Å². The second kappa shape index (κ2) is 7.92. The number of hydrogen-bond acceptors (Lipinski definition) is 1. The summed E-state index contributed by atoms with van der Waals surface area (Å²) in [4.78, 5) is 0. The fourth-order valence-corrected chi connectivity index (χ4v) is 2.17. The Morgan fingerprint density at radius 1 is 1.19 bits per heavy atom. The van der Waals surface area contributed by atoms with Crippen LogP contribution in [0.1, 0.15) is 56.5 Å². The lowest BCUT2D eigenvalue weighted by atomic mass is 9.99. The summed E-state index contributed by atoms with van der Waals surface area (Å²) >= 11 is 0. The molecule has 0 fully saturated rings. The van der Waals surface area contributed by atoms with E-state index < -0.39 is 103 Å². The second-order valence-electron chi connectivity index (χ2n) is 5.18. The summed E-state index contributed by atoms with van der Waals surface area (Å²) in [5.74, 6) is 0. The van der Waals surface area contributed by atoms with Crippen LogP contribution >= 0.6 is 0 Å². The number of fused-ring (bicyclic) bond motifs is 1. The molecular formula is C22H22F3N. The molecule has 1 nitrogen and oxygen atoms in total. The largest absolute Gasteiger partial charge is 0.416 e. The van der Waals surface area contributed by atoms with Gasteiger partial charge in [0.1, 0.15) is 0 Å². The van der Waals surface area contributed by atoms with Crippen LogP contribution in [0.2, 0.25) is 0 Å². The number of halogens is 3. The smallest absolute Gasteiger partial charge is 0.310 e. The predicted molar refractivity (Wildman–Crippen MR) is 100 cm³/mol. The van der Waals surface area contributed by atoms with Gasteiger partial charge in [0.2, 0.25) is 0 Å². The van der Waals surface area contributed by atoms with Crippen molar-refractivity contribution in [3.05, 3.63) is 83.3 Å². The molecule has 3 aromatic carbocycles. The lowest BCUT2D eigenvalue weighted by molar-refractivity contribution is -0.137. The average molecular weight is 373 g/mol. The minimum Gasteiger partial charge on any atom is -0.310 e. The highest BCUT2D eigenvalue weighted by Crippen LogP contribution is 2.29. The highest BCUT2D eigenvalue weighted by molar-refractivity contribution is 5.86. The van der Waals surface area contributed by atoms with Crippen LogP contribution in [-0.2, 0) is 12.6 Å². The van der Waals surface area contributed by atoms with Crippen molar-refractivity contribution < 1.29 is 33.7 Å². The van der Waals surface area contributed by atoms with E-state index in [-0.39, 0.29) is 5.56 Å². The van der Waals surface area contributed by atoms with Gasteiger partial charge < -0.3 is 5.32 Å². The number of benzene rings is 3. The third kappa shape index (κ3) is 4.44. The van der Waals surface area contributed by atoms with Gasteiger partial charge in [-0.05, 0) is 54.1 Å². The van der Waals surface area contributed by atoms with Crippen LogP contribution in [0.15, 0.2) is 66.6 Å². The molecular weight excluding hydrogens is 335 g/mol. The SMILES string of the molecule is [2H]c1c([2H])c([2H])c2c([C@@]([2H])(NC([2H])([2H])C([2H])([2H])Cc3cccc(C(F)(F)F)c3)C([2H])([2H])[2H])c([2H])c([2H])c([2H])c2c1[2H]. The molecule has 0 aliphatic rings. The zero-order chi connectivity index (χ0) is 31.7. The minimum absolute atomic E-state index is 0.312. The maximum absolute atomic E-state index is 13.1. The van der Waals surface area contributed by atoms with Gasteiger partial charge in [-0.25, -0.2) is 0 Å². The zero-order valence-electron chi connectivity index (χ0n) is 28.2. The molecule has 0 spiro atoms. The number of alkyl halides is 3. The first-order valence-corrected chi connectivity index (χ1v) is 7.35. The Hall–Kier alpha value is -2.33. The quantitative estimate of drug-likeness (QED) is 0.548. The van der Waals surface area contributed by atoms with Crippen molar-refractivity contribution in [2.75, 3.05) is 6.50 Å². The maximum atomic E-state index is 13.1. The molecule has 136 valence electrons. The normalized spacial score (nSPS) is 24.2. The lowest BCUT2D eigenvalue weighted by Crippen LogP contribution is -2.20. The molecule has 3 rings (SSSR count). The highest BCUT2D eigenvalue weighted by atomic mass is 19.4. The van der Waals surface area contributed by atoms with Gasteiger partial charge in [0.15, 0.2) is 0 Å². The van der Waals surface area contributed by atoms with Crippen molar-refractivity contribution in [3.63, 3.8) is 0 Å². The van der Waals surface area contributed by atoms with E-state index in [0.29, 0.717) is 12.1 Å². The van der Waals surface area contributed by atoms with Crippen LogP contribution in [0.5, 0.6) is 0 Å². The lowest BCUT2D eigenvalue weighted by Gasteiger charge is -2.17. The van der Waals surface area contributed by atoms with Crippen molar-refractivity contribution in [2.24, 2.45) is 0 Å². The van der Waals surface area contributed by atoms with Crippen molar-refractivity contribution in [1.29, 1.82) is 0 Å². The van der Waals surface area contributed by atoms with Crippen LogP contribution in [0.25, 0.3) is 10.8 Å². The Bertz CT molecular complexity index is 1510. The molecule has 26 heavy (non-hydrogen) atoms. The van der Waals surface area contributed by atoms with Gasteiger partial charge in [0.05, 0.1) is 16.5 Å². The van der Waals surface area contributed by atoms with E-state index in [4.69, 9.17) is 20.6 Å². The van der Waals surface area contributed by atoms with Gasteiger partial charge in [-0.3, -0.25) is 0 Å². The van der Waals surface area contributed by atoms with Crippen LogP contribution < -0.4 is 5.32 Å². The van der Waals surface area contributed by atoms with Crippen LogP contribution in [0.4, 0.5) is 13.2 Å².